The summed E-state index contributed by atoms with van der Waals surface area (Å²) >= 11 is 0. The molecule has 0 amide bonds. The molecule has 0 spiro atoms. The number of rotatable bonds is 18. The first-order valence-corrected chi connectivity index (χ1v) is 22.9. The second-order valence-corrected chi connectivity index (χ2v) is 21.1. The van der Waals surface area contributed by atoms with Gasteiger partial charge < -0.3 is 28.8 Å². The van der Waals surface area contributed by atoms with Crippen LogP contribution in [0.3, 0.4) is 0 Å². The van der Waals surface area contributed by atoms with E-state index in [2.05, 4.69) is 36.0 Å². The molecule has 0 saturated heterocycles. The van der Waals surface area contributed by atoms with E-state index in [4.69, 9.17) is 33.1 Å². The number of fused-ring (bicyclic) bond motifs is 2. The van der Waals surface area contributed by atoms with Crippen molar-refractivity contribution in [1.82, 2.24) is 19.5 Å². The van der Waals surface area contributed by atoms with Gasteiger partial charge in [-0.3, -0.25) is 9.17 Å². The highest BCUT2D eigenvalue weighted by atomic mass is 32.2. The summed E-state index contributed by atoms with van der Waals surface area (Å²) < 4.78 is 53.9. The van der Waals surface area contributed by atoms with E-state index in [1.54, 1.807) is 19.3 Å². The lowest BCUT2D eigenvalue weighted by atomic mass is 10.0. The fraction of sp³-hybridized carbons (Fsp3) is 0.308. The Morgan fingerprint density at radius 2 is 1.60 bits per heavy atom. The van der Waals surface area contributed by atoms with Crippen LogP contribution in [0.1, 0.15) is 11.1 Å². The van der Waals surface area contributed by atoms with Crippen LogP contribution in [-0.2, 0) is 39.0 Å². The van der Waals surface area contributed by atoms with E-state index >= 15 is 0 Å². The largest absolute Gasteiger partial charge is 0.491 e. The van der Waals surface area contributed by atoms with Crippen LogP contribution in [0.2, 0.25) is 25.7 Å². The molecule has 278 valence electrons. The van der Waals surface area contributed by atoms with E-state index in [0.717, 1.165) is 50.8 Å². The summed E-state index contributed by atoms with van der Waals surface area (Å²) in [7, 11) is -3.06. The number of ether oxygens (including phenoxy) is 4. The van der Waals surface area contributed by atoms with Gasteiger partial charge in [0.1, 0.15) is 44.7 Å². The smallest absolute Gasteiger partial charge is 0.264 e. The molecule has 14 heteroatoms. The number of pyridine rings is 1. The van der Waals surface area contributed by atoms with Gasteiger partial charge in [-0.15, -0.1) is 0 Å². The van der Waals surface area contributed by atoms with Gasteiger partial charge in [0.15, 0.2) is 5.65 Å². The Labute approximate surface area is 311 Å². The molecule has 3 aromatic heterocycles. The quantitative estimate of drug-likeness (QED) is 0.0530. The minimum atomic E-state index is -3.54. The van der Waals surface area contributed by atoms with Crippen molar-refractivity contribution in [3.63, 3.8) is 0 Å². The predicted molar refractivity (Wildman–Crippen MR) is 210 cm³/mol. The minimum absolute atomic E-state index is 0.0776. The number of nitrogens with one attached hydrogen (secondary N) is 1. The highest BCUT2D eigenvalue weighted by Gasteiger charge is 2.21. The van der Waals surface area contributed by atoms with Gasteiger partial charge in [0, 0.05) is 38.9 Å². The fourth-order valence-electron chi connectivity index (χ4n) is 5.55. The maximum Gasteiger partial charge on any atom is 0.264 e. The van der Waals surface area contributed by atoms with Crippen molar-refractivity contribution in [3.8, 4) is 28.5 Å². The molecule has 12 nitrogen and oxygen atoms in total. The third-order valence-electron chi connectivity index (χ3n) is 8.27. The Hall–Kier alpha value is -5.02. The van der Waals surface area contributed by atoms with E-state index in [1.807, 2.05) is 77.5 Å². The lowest BCUT2D eigenvalue weighted by Crippen LogP contribution is -2.22. The zero-order valence-corrected chi connectivity index (χ0v) is 32.5. The summed E-state index contributed by atoms with van der Waals surface area (Å²) in [5, 5.41) is 4.74. The highest BCUT2D eigenvalue weighted by Crippen LogP contribution is 2.38. The lowest BCUT2D eigenvalue weighted by Gasteiger charge is -2.15. The van der Waals surface area contributed by atoms with E-state index in [0.29, 0.717) is 48.9 Å². The van der Waals surface area contributed by atoms with Crippen molar-refractivity contribution >= 4 is 46.1 Å². The van der Waals surface area contributed by atoms with Crippen molar-refractivity contribution in [1.29, 1.82) is 0 Å². The Morgan fingerprint density at radius 3 is 2.38 bits per heavy atom. The van der Waals surface area contributed by atoms with E-state index in [1.165, 1.54) is 0 Å². The molecule has 3 heterocycles. The van der Waals surface area contributed by atoms with Crippen LogP contribution in [0.15, 0.2) is 91.3 Å². The summed E-state index contributed by atoms with van der Waals surface area (Å²) in [6, 6.07) is 26.6. The molecule has 3 aromatic carbocycles. The van der Waals surface area contributed by atoms with Gasteiger partial charge in [-0.05, 0) is 53.1 Å². The number of nitrogens with zero attached hydrogens (tertiary/aromatic N) is 4. The third-order valence-corrected chi connectivity index (χ3v) is 10.6. The summed E-state index contributed by atoms with van der Waals surface area (Å²) in [6.45, 7) is 8.59. The average Bonchev–Trinajstić information content (AvgIpc) is 3.51. The Morgan fingerprint density at radius 1 is 0.811 bits per heavy atom. The molecule has 6 aromatic rings. The van der Waals surface area contributed by atoms with Crippen LogP contribution in [0.25, 0.3) is 33.1 Å². The molecule has 6 rings (SSSR count). The van der Waals surface area contributed by atoms with Crippen molar-refractivity contribution < 1.29 is 31.5 Å². The van der Waals surface area contributed by atoms with Crippen LogP contribution in [0, 0.1) is 0 Å². The molecule has 0 fully saturated rings. The molecule has 1 N–H and O–H groups in total. The maximum absolute atomic E-state index is 11.3. The van der Waals surface area contributed by atoms with Crippen LogP contribution in [-0.4, -0.2) is 69.1 Å². The van der Waals surface area contributed by atoms with Gasteiger partial charge in [0.05, 0.1) is 23.4 Å². The first-order valence-electron chi connectivity index (χ1n) is 17.4. The summed E-state index contributed by atoms with van der Waals surface area (Å²) in [4.78, 5) is 14.3. The molecular weight excluding hydrogens is 711 g/mol. The number of anilines is 1. The van der Waals surface area contributed by atoms with Gasteiger partial charge >= 0.3 is 0 Å². The zero-order chi connectivity index (χ0) is 37.4. The number of hydrogen-bond donors (Lipinski definition) is 1. The van der Waals surface area contributed by atoms with E-state index in [9.17, 15) is 8.42 Å². The molecule has 0 bridgehead atoms. The van der Waals surface area contributed by atoms with Crippen LogP contribution in [0.5, 0.6) is 17.4 Å². The number of aromatic nitrogens is 4. The summed E-state index contributed by atoms with van der Waals surface area (Å²) in [5.74, 6) is 2.05. The van der Waals surface area contributed by atoms with Gasteiger partial charge in [0.25, 0.3) is 10.1 Å². The van der Waals surface area contributed by atoms with E-state index < -0.39 is 18.2 Å². The monoisotopic (exact) mass is 755 g/mol. The van der Waals surface area contributed by atoms with Crippen LogP contribution in [0.4, 0.5) is 5.95 Å². The molecule has 0 unspecified atom stereocenters. The summed E-state index contributed by atoms with van der Waals surface area (Å²) in [6.07, 6.45) is 4.79. The fourth-order valence-corrected chi connectivity index (χ4v) is 6.68. The predicted octanol–water partition coefficient (Wildman–Crippen LogP) is 7.51. The SMILES string of the molecule is CNc1nc(OCc2cccc(OCCOS(C)(=O)=O)c2)c2c(-c3ccc4ncc(OCc5ccccc5)cc4c3)cn(COCC[Si](C)(C)C)c2n1. The standard InChI is InChI=1S/C39H45N5O7SSi/c1-40-39-42-37-36(38(43-39)50-26-29-12-9-13-32(20-29)48-16-17-51-52(2,45)46)34(24-44(37)27-47-18-19-53(3,4)5)30-14-15-35-31(21-30)22-33(23-41-35)49-25-28-10-7-6-8-11-28/h6-15,20-24H,16-19,25-27H2,1-5H3,(H,40,42,43). The van der Waals surface area contributed by atoms with Crippen molar-refractivity contribution in [2.75, 3.05) is 38.4 Å². The average molecular weight is 756 g/mol. The second kappa shape index (κ2) is 16.8. The van der Waals surface area contributed by atoms with Crippen LogP contribution < -0.4 is 19.5 Å². The second-order valence-electron chi connectivity index (χ2n) is 13.8. The molecule has 0 saturated carbocycles. The van der Waals surface area contributed by atoms with Crippen molar-refractivity contribution in [3.05, 3.63) is 102 Å². The molecule has 0 aliphatic carbocycles. The highest BCUT2D eigenvalue weighted by molar-refractivity contribution is 7.85. The minimum Gasteiger partial charge on any atom is -0.491 e. The first-order chi connectivity index (χ1) is 25.4. The molecular formula is C39H45N5O7SSi. The maximum atomic E-state index is 11.3. The Kier molecular flexibility index (Phi) is 11.9. The normalized spacial score (nSPS) is 11.9. The number of hydrogen-bond acceptors (Lipinski definition) is 11. The van der Waals surface area contributed by atoms with Gasteiger partial charge in [-0.2, -0.15) is 18.4 Å². The van der Waals surface area contributed by atoms with Gasteiger partial charge in [-0.25, -0.2) is 0 Å². The molecule has 0 aliphatic rings. The van der Waals surface area contributed by atoms with E-state index in [-0.39, 0.29) is 19.8 Å². The molecule has 0 atom stereocenters. The van der Waals surface area contributed by atoms with Gasteiger partial charge in [0.2, 0.25) is 11.8 Å². The molecule has 0 radical (unpaired) electrons. The topological polar surface area (TPSA) is 136 Å². The van der Waals surface area contributed by atoms with Crippen LogP contribution >= 0.6 is 0 Å². The van der Waals surface area contributed by atoms with Crippen molar-refractivity contribution in [2.45, 2.75) is 45.6 Å². The molecule has 0 aliphatic heterocycles. The first kappa shape index (κ1) is 37.7. The number of benzene rings is 3. The summed E-state index contributed by atoms with van der Waals surface area (Å²) in [5.41, 5.74) is 5.24. The zero-order valence-electron chi connectivity index (χ0n) is 30.7. The lowest BCUT2D eigenvalue weighted by molar-refractivity contribution is 0.0899. The Bertz CT molecular complexity index is 2280. The molecule has 53 heavy (non-hydrogen) atoms. The van der Waals surface area contributed by atoms with Crippen molar-refractivity contribution in [2.24, 2.45) is 0 Å². The Balaban J connectivity index is 1.32. The third kappa shape index (κ3) is 10.5. The van der Waals surface area contributed by atoms with Gasteiger partial charge in [-0.1, -0.05) is 68.2 Å².